The van der Waals surface area contributed by atoms with Crippen molar-refractivity contribution in [1.82, 2.24) is 0 Å². The Morgan fingerprint density at radius 2 is 1.68 bits per heavy atom. The van der Waals surface area contributed by atoms with Gasteiger partial charge in [0.1, 0.15) is 5.78 Å². The molecule has 0 aromatic heterocycles. The topological polar surface area (TPSA) is 37.4 Å². The molecule has 0 bridgehead atoms. The first-order valence-electron chi connectivity index (χ1n) is 6.33. The van der Waals surface area contributed by atoms with Crippen molar-refractivity contribution >= 4 is 28.2 Å². The van der Waals surface area contributed by atoms with E-state index in [1.165, 1.54) is 6.92 Å². The highest BCUT2D eigenvalue weighted by molar-refractivity contribution is 5.97. The van der Waals surface area contributed by atoms with Crippen LogP contribution in [-0.2, 0) is 9.59 Å². The van der Waals surface area contributed by atoms with Crippen molar-refractivity contribution in [3.05, 3.63) is 42.5 Å². The molecule has 1 amide bonds. The number of fused-ring (bicyclic) bond motifs is 1. The number of Topliss-reactive ketones (excluding diaryl/α,β-unsaturated/α-hetero) is 1. The van der Waals surface area contributed by atoms with Gasteiger partial charge in [-0.3, -0.25) is 4.79 Å². The zero-order valence-electron chi connectivity index (χ0n) is 11.2. The van der Waals surface area contributed by atoms with Crippen LogP contribution >= 0.6 is 0 Å². The van der Waals surface area contributed by atoms with Crippen molar-refractivity contribution in [2.75, 3.05) is 11.9 Å². The van der Waals surface area contributed by atoms with Crippen molar-refractivity contribution in [3.8, 4) is 0 Å². The molecule has 0 fully saturated rings. The number of benzene rings is 2. The summed E-state index contributed by atoms with van der Waals surface area (Å²) in [5.74, 6) is 0.00532. The highest BCUT2D eigenvalue weighted by Gasteiger charge is 2.11. The third kappa shape index (κ3) is 3.19. The second-order valence-corrected chi connectivity index (χ2v) is 4.69. The van der Waals surface area contributed by atoms with Gasteiger partial charge in [-0.1, -0.05) is 30.3 Å². The zero-order chi connectivity index (χ0) is 13.8. The van der Waals surface area contributed by atoms with Crippen LogP contribution in [0.2, 0.25) is 0 Å². The lowest BCUT2D eigenvalue weighted by Crippen LogP contribution is -2.26. The maximum absolute atomic E-state index is 12.0. The van der Waals surface area contributed by atoms with Gasteiger partial charge in [0.15, 0.2) is 0 Å². The number of hydrogen-bond donors (Lipinski definition) is 0. The normalized spacial score (nSPS) is 10.4. The summed E-state index contributed by atoms with van der Waals surface area (Å²) in [7, 11) is 1.74. The summed E-state index contributed by atoms with van der Waals surface area (Å²) >= 11 is 0. The second-order valence-electron chi connectivity index (χ2n) is 4.69. The summed E-state index contributed by atoms with van der Waals surface area (Å²) in [6.07, 6.45) is 0.565. The summed E-state index contributed by atoms with van der Waals surface area (Å²) in [4.78, 5) is 24.5. The molecule has 98 valence electrons. The van der Waals surface area contributed by atoms with Crippen LogP contribution in [0.25, 0.3) is 10.8 Å². The van der Waals surface area contributed by atoms with Crippen LogP contribution in [-0.4, -0.2) is 18.7 Å². The first-order valence-corrected chi connectivity index (χ1v) is 6.33. The molecule has 2 rings (SSSR count). The van der Waals surface area contributed by atoms with Crippen LogP contribution in [0, 0.1) is 0 Å². The zero-order valence-corrected chi connectivity index (χ0v) is 11.2. The highest BCUT2D eigenvalue weighted by atomic mass is 16.2. The average molecular weight is 255 g/mol. The van der Waals surface area contributed by atoms with Crippen molar-refractivity contribution < 1.29 is 9.59 Å². The predicted octanol–water partition coefficient (Wildman–Crippen LogP) is 3.17. The molecule has 3 nitrogen and oxygen atoms in total. The van der Waals surface area contributed by atoms with Crippen LogP contribution in [0.1, 0.15) is 19.8 Å². The van der Waals surface area contributed by atoms with Crippen LogP contribution in [0.3, 0.4) is 0 Å². The van der Waals surface area contributed by atoms with Gasteiger partial charge in [-0.25, -0.2) is 0 Å². The lowest BCUT2D eigenvalue weighted by Gasteiger charge is -2.17. The minimum absolute atomic E-state index is 0.0366. The van der Waals surface area contributed by atoms with Gasteiger partial charge in [0.2, 0.25) is 5.91 Å². The lowest BCUT2D eigenvalue weighted by atomic mass is 10.1. The number of hydrogen-bond acceptors (Lipinski definition) is 2. The molecule has 19 heavy (non-hydrogen) atoms. The molecular weight excluding hydrogens is 238 g/mol. The van der Waals surface area contributed by atoms with E-state index in [-0.39, 0.29) is 18.1 Å². The molecule has 0 radical (unpaired) electrons. The number of amides is 1. The molecular formula is C16H17NO2. The first kappa shape index (κ1) is 13.3. The molecule has 2 aromatic rings. The Balaban J connectivity index is 2.18. The fourth-order valence-electron chi connectivity index (χ4n) is 1.98. The summed E-state index contributed by atoms with van der Waals surface area (Å²) in [5, 5.41) is 2.25. The van der Waals surface area contributed by atoms with E-state index in [0.717, 1.165) is 16.5 Å². The molecule has 0 atom stereocenters. The Kier molecular flexibility index (Phi) is 3.95. The van der Waals surface area contributed by atoms with Gasteiger partial charge in [-0.2, -0.15) is 0 Å². The van der Waals surface area contributed by atoms with Gasteiger partial charge >= 0.3 is 0 Å². The van der Waals surface area contributed by atoms with Crippen LogP contribution < -0.4 is 4.90 Å². The highest BCUT2D eigenvalue weighted by Crippen LogP contribution is 2.21. The van der Waals surface area contributed by atoms with E-state index in [2.05, 4.69) is 0 Å². The van der Waals surface area contributed by atoms with Crippen molar-refractivity contribution in [3.63, 3.8) is 0 Å². The molecule has 0 aliphatic rings. The number of carbonyl (C=O) groups excluding carboxylic acids is 2. The number of ketones is 1. The first-order chi connectivity index (χ1) is 9.08. The molecule has 0 unspecified atom stereocenters. The van der Waals surface area contributed by atoms with Crippen LogP contribution in [0.15, 0.2) is 42.5 Å². The lowest BCUT2D eigenvalue weighted by molar-refractivity contribution is -0.122. The number of rotatable bonds is 4. The quantitative estimate of drug-likeness (QED) is 0.841. The molecule has 0 saturated carbocycles. The summed E-state index contributed by atoms with van der Waals surface area (Å²) in [5.41, 5.74) is 0.854. The van der Waals surface area contributed by atoms with Gasteiger partial charge in [0, 0.05) is 25.6 Å². The third-order valence-corrected chi connectivity index (χ3v) is 3.19. The molecule has 0 N–H and O–H groups in total. The summed E-state index contributed by atoms with van der Waals surface area (Å²) in [6.45, 7) is 1.50. The Labute approximate surface area is 112 Å². The van der Waals surface area contributed by atoms with Crippen LogP contribution in [0.4, 0.5) is 5.69 Å². The SMILES string of the molecule is CC(=O)CCC(=O)N(C)c1ccc2ccccc2c1. The van der Waals surface area contributed by atoms with E-state index in [0.29, 0.717) is 6.42 Å². The molecule has 0 saturated heterocycles. The van der Waals surface area contributed by atoms with Gasteiger partial charge in [-0.15, -0.1) is 0 Å². The van der Waals surface area contributed by atoms with E-state index in [9.17, 15) is 9.59 Å². The minimum Gasteiger partial charge on any atom is -0.315 e. The molecule has 0 heterocycles. The summed E-state index contributed by atoms with van der Waals surface area (Å²) < 4.78 is 0. The van der Waals surface area contributed by atoms with E-state index >= 15 is 0 Å². The molecule has 2 aromatic carbocycles. The van der Waals surface area contributed by atoms with Gasteiger partial charge in [-0.05, 0) is 29.8 Å². The maximum atomic E-state index is 12.0. The second kappa shape index (κ2) is 5.65. The maximum Gasteiger partial charge on any atom is 0.227 e. The minimum atomic E-state index is -0.0366. The van der Waals surface area contributed by atoms with Gasteiger partial charge in [0.05, 0.1) is 0 Å². The molecule has 0 spiro atoms. The Hall–Kier alpha value is -2.16. The molecule has 3 heteroatoms. The van der Waals surface area contributed by atoms with E-state index in [1.807, 2.05) is 42.5 Å². The Morgan fingerprint density at radius 3 is 2.37 bits per heavy atom. The van der Waals surface area contributed by atoms with Crippen molar-refractivity contribution in [2.24, 2.45) is 0 Å². The van der Waals surface area contributed by atoms with E-state index in [1.54, 1.807) is 11.9 Å². The number of anilines is 1. The largest absolute Gasteiger partial charge is 0.315 e. The Morgan fingerprint density at radius 1 is 1.00 bits per heavy atom. The van der Waals surface area contributed by atoms with Crippen molar-refractivity contribution in [2.45, 2.75) is 19.8 Å². The predicted molar refractivity (Wildman–Crippen MR) is 77.3 cm³/mol. The smallest absolute Gasteiger partial charge is 0.227 e. The molecule has 0 aliphatic heterocycles. The van der Waals surface area contributed by atoms with Gasteiger partial charge < -0.3 is 9.69 Å². The average Bonchev–Trinajstić information content (AvgIpc) is 2.43. The number of nitrogens with zero attached hydrogens (tertiary/aromatic N) is 1. The van der Waals surface area contributed by atoms with Gasteiger partial charge in [0.25, 0.3) is 0 Å². The van der Waals surface area contributed by atoms with E-state index < -0.39 is 0 Å². The number of carbonyl (C=O) groups is 2. The standard InChI is InChI=1S/C16H17NO2/c1-12(18)7-10-16(19)17(2)15-9-8-13-5-3-4-6-14(13)11-15/h3-6,8-9,11H,7,10H2,1-2H3. The third-order valence-electron chi connectivity index (χ3n) is 3.19. The van der Waals surface area contributed by atoms with E-state index in [4.69, 9.17) is 0 Å². The fraction of sp³-hybridized carbons (Fsp3) is 0.250. The fourth-order valence-corrected chi connectivity index (χ4v) is 1.98. The Bertz CT molecular complexity index is 619. The summed E-state index contributed by atoms with van der Waals surface area (Å²) in [6, 6.07) is 13.9. The van der Waals surface area contributed by atoms with Crippen LogP contribution in [0.5, 0.6) is 0 Å². The van der Waals surface area contributed by atoms with Crippen molar-refractivity contribution in [1.29, 1.82) is 0 Å². The molecule has 0 aliphatic carbocycles. The monoisotopic (exact) mass is 255 g/mol.